The van der Waals surface area contributed by atoms with E-state index in [0.29, 0.717) is 28.0 Å². The highest BCUT2D eigenvalue weighted by atomic mass is 35.5. The number of nitrogens with one attached hydrogen (secondary N) is 1. The Balaban J connectivity index is 0.00000243. The van der Waals surface area contributed by atoms with Crippen LogP contribution in [0.1, 0.15) is 23.2 Å². The number of amides is 1. The van der Waals surface area contributed by atoms with E-state index in [1.54, 1.807) is 12.1 Å². The van der Waals surface area contributed by atoms with Gasteiger partial charge in [0.05, 0.1) is 0 Å². The number of likely N-dealkylation sites (tertiary alicyclic amines) is 1. The maximum atomic E-state index is 12.6. The Hall–Kier alpha value is -1.75. The maximum Gasteiger partial charge on any atom is 0.253 e. The van der Waals surface area contributed by atoms with Crippen molar-refractivity contribution in [3.8, 4) is 11.5 Å². The third kappa shape index (κ3) is 5.37. The monoisotopic (exact) mass is 394 g/mol. The predicted molar refractivity (Wildman–Crippen MR) is 108 cm³/mol. The van der Waals surface area contributed by atoms with Crippen molar-refractivity contribution in [2.24, 2.45) is 5.92 Å². The standard InChI is InChI=1S/C20H23ClN2O2.ClH/c1-22-14-15-9-11-23(12-10-15)20(24)16-5-7-18(8-6-16)25-19-4-2-3-17(21)13-19;/h2-8,13,15,22H,9-12,14H2,1H3;1H. The zero-order chi connectivity index (χ0) is 17.6. The number of benzene rings is 2. The molecular weight excluding hydrogens is 371 g/mol. The van der Waals surface area contributed by atoms with Crippen molar-refractivity contribution < 1.29 is 9.53 Å². The summed E-state index contributed by atoms with van der Waals surface area (Å²) in [6, 6.07) is 14.5. The average molecular weight is 395 g/mol. The zero-order valence-electron chi connectivity index (χ0n) is 14.8. The fourth-order valence-electron chi connectivity index (χ4n) is 3.14. The number of piperidine rings is 1. The second kappa shape index (κ2) is 9.81. The number of hydrogen-bond donors (Lipinski definition) is 1. The van der Waals surface area contributed by atoms with Gasteiger partial charge in [0.1, 0.15) is 11.5 Å². The summed E-state index contributed by atoms with van der Waals surface area (Å²) in [6.45, 7) is 2.68. The molecule has 2 aromatic rings. The highest BCUT2D eigenvalue weighted by Gasteiger charge is 2.23. The SMILES string of the molecule is CNCC1CCN(C(=O)c2ccc(Oc3cccc(Cl)c3)cc2)CC1.Cl. The molecule has 1 N–H and O–H groups in total. The molecule has 0 atom stereocenters. The van der Waals surface area contributed by atoms with Gasteiger partial charge in [0.15, 0.2) is 0 Å². The van der Waals surface area contributed by atoms with Crippen molar-refractivity contribution in [2.45, 2.75) is 12.8 Å². The molecule has 4 nitrogen and oxygen atoms in total. The molecule has 0 bridgehead atoms. The van der Waals surface area contributed by atoms with E-state index in [1.807, 2.05) is 48.3 Å². The first-order valence-corrected chi connectivity index (χ1v) is 9.01. The number of carbonyl (C=O) groups excluding carboxylic acids is 1. The molecule has 6 heteroatoms. The third-order valence-corrected chi connectivity index (χ3v) is 4.76. The molecule has 0 aliphatic carbocycles. The van der Waals surface area contributed by atoms with Crippen molar-refractivity contribution in [1.82, 2.24) is 10.2 Å². The molecule has 0 saturated carbocycles. The van der Waals surface area contributed by atoms with Gasteiger partial charge in [-0.2, -0.15) is 0 Å². The van der Waals surface area contributed by atoms with E-state index in [2.05, 4.69) is 5.32 Å². The molecule has 3 rings (SSSR count). The highest BCUT2D eigenvalue weighted by Crippen LogP contribution is 2.25. The second-order valence-corrected chi connectivity index (χ2v) is 6.81. The summed E-state index contributed by atoms with van der Waals surface area (Å²) < 4.78 is 5.76. The number of hydrogen-bond acceptors (Lipinski definition) is 3. The molecule has 140 valence electrons. The van der Waals surface area contributed by atoms with Gasteiger partial charge < -0.3 is 15.0 Å². The minimum absolute atomic E-state index is 0. The van der Waals surface area contributed by atoms with E-state index in [9.17, 15) is 4.79 Å². The van der Waals surface area contributed by atoms with E-state index in [-0.39, 0.29) is 18.3 Å². The number of carbonyl (C=O) groups is 1. The third-order valence-electron chi connectivity index (χ3n) is 4.53. The average Bonchev–Trinajstić information content (AvgIpc) is 2.63. The predicted octanol–water partition coefficient (Wildman–Crippen LogP) is 4.63. The highest BCUT2D eigenvalue weighted by molar-refractivity contribution is 6.30. The first-order valence-electron chi connectivity index (χ1n) is 8.63. The number of rotatable bonds is 5. The summed E-state index contributed by atoms with van der Waals surface area (Å²) in [4.78, 5) is 14.6. The van der Waals surface area contributed by atoms with Gasteiger partial charge in [0.2, 0.25) is 0 Å². The van der Waals surface area contributed by atoms with Gasteiger partial charge in [-0.1, -0.05) is 17.7 Å². The Morgan fingerprint density at radius 3 is 2.46 bits per heavy atom. The van der Waals surface area contributed by atoms with Gasteiger partial charge >= 0.3 is 0 Å². The molecule has 0 radical (unpaired) electrons. The van der Waals surface area contributed by atoms with E-state index in [0.717, 1.165) is 32.5 Å². The van der Waals surface area contributed by atoms with Crippen molar-refractivity contribution in [3.63, 3.8) is 0 Å². The summed E-state index contributed by atoms with van der Waals surface area (Å²) in [5, 5.41) is 3.85. The molecule has 26 heavy (non-hydrogen) atoms. The van der Waals surface area contributed by atoms with Crippen LogP contribution in [-0.2, 0) is 0 Å². The van der Waals surface area contributed by atoms with E-state index in [4.69, 9.17) is 16.3 Å². The molecule has 1 amide bonds. The Labute approximate surface area is 165 Å². The Morgan fingerprint density at radius 2 is 1.85 bits per heavy atom. The van der Waals surface area contributed by atoms with Gasteiger partial charge in [0, 0.05) is 23.7 Å². The number of nitrogens with zero attached hydrogens (tertiary/aromatic N) is 1. The van der Waals surface area contributed by atoms with Gasteiger partial charge in [-0.05, 0) is 74.8 Å². The number of ether oxygens (including phenoxy) is 1. The number of halogens is 2. The van der Waals surface area contributed by atoms with E-state index < -0.39 is 0 Å². The molecule has 0 spiro atoms. The molecule has 1 aliphatic rings. The lowest BCUT2D eigenvalue weighted by Gasteiger charge is -2.32. The van der Waals surface area contributed by atoms with Crippen molar-refractivity contribution in [2.75, 3.05) is 26.7 Å². The van der Waals surface area contributed by atoms with Crippen LogP contribution < -0.4 is 10.1 Å². The first kappa shape index (κ1) is 20.6. The van der Waals surface area contributed by atoms with Gasteiger partial charge in [-0.25, -0.2) is 0 Å². The Morgan fingerprint density at radius 1 is 1.15 bits per heavy atom. The van der Waals surface area contributed by atoms with Gasteiger partial charge in [-0.15, -0.1) is 12.4 Å². The molecule has 1 aliphatic heterocycles. The fourth-order valence-corrected chi connectivity index (χ4v) is 3.32. The smallest absolute Gasteiger partial charge is 0.253 e. The summed E-state index contributed by atoms with van der Waals surface area (Å²) in [5.41, 5.74) is 0.700. The van der Waals surface area contributed by atoms with Crippen LogP contribution in [0, 0.1) is 5.92 Å². The molecule has 0 unspecified atom stereocenters. The fraction of sp³-hybridized carbons (Fsp3) is 0.350. The van der Waals surface area contributed by atoms with Crippen molar-refractivity contribution >= 4 is 29.9 Å². The first-order chi connectivity index (χ1) is 12.2. The van der Waals surface area contributed by atoms with Crippen LogP contribution in [0.2, 0.25) is 5.02 Å². The van der Waals surface area contributed by atoms with Crippen LogP contribution in [-0.4, -0.2) is 37.5 Å². The Kier molecular flexibility index (Phi) is 7.76. The minimum Gasteiger partial charge on any atom is -0.457 e. The lowest BCUT2D eigenvalue weighted by Crippen LogP contribution is -2.40. The summed E-state index contributed by atoms with van der Waals surface area (Å²) in [7, 11) is 1.98. The largest absolute Gasteiger partial charge is 0.457 e. The normalized spacial score (nSPS) is 14.6. The lowest BCUT2D eigenvalue weighted by atomic mass is 9.96. The van der Waals surface area contributed by atoms with E-state index in [1.165, 1.54) is 0 Å². The van der Waals surface area contributed by atoms with Crippen molar-refractivity contribution in [3.05, 3.63) is 59.1 Å². The molecule has 0 aromatic heterocycles. The summed E-state index contributed by atoms with van der Waals surface area (Å²) in [6.07, 6.45) is 2.12. The summed E-state index contributed by atoms with van der Waals surface area (Å²) in [5.74, 6) is 2.13. The molecular formula is C20H24Cl2N2O2. The van der Waals surface area contributed by atoms with Crippen LogP contribution in [0.4, 0.5) is 0 Å². The zero-order valence-corrected chi connectivity index (χ0v) is 16.4. The minimum atomic E-state index is 0. The topological polar surface area (TPSA) is 41.6 Å². The lowest BCUT2D eigenvalue weighted by molar-refractivity contribution is 0.0691. The van der Waals surface area contributed by atoms with Gasteiger partial charge in [-0.3, -0.25) is 4.79 Å². The van der Waals surface area contributed by atoms with Crippen LogP contribution in [0.5, 0.6) is 11.5 Å². The Bertz CT molecular complexity index is 714. The molecule has 1 fully saturated rings. The molecule has 1 saturated heterocycles. The van der Waals surface area contributed by atoms with Crippen LogP contribution in [0.3, 0.4) is 0 Å². The van der Waals surface area contributed by atoms with Crippen molar-refractivity contribution in [1.29, 1.82) is 0 Å². The second-order valence-electron chi connectivity index (χ2n) is 6.38. The maximum absolute atomic E-state index is 12.6. The van der Waals surface area contributed by atoms with Crippen LogP contribution >= 0.6 is 24.0 Å². The van der Waals surface area contributed by atoms with Crippen LogP contribution in [0.15, 0.2) is 48.5 Å². The van der Waals surface area contributed by atoms with Gasteiger partial charge in [0.25, 0.3) is 5.91 Å². The quantitative estimate of drug-likeness (QED) is 0.803. The van der Waals surface area contributed by atoms with E-state index >= 15 is 0 Å². The molecule has 2 aromatic carbocycles. The summed E-state index contributed by atoms with van der Waals surface area (Å²) >= 11 is 5.96. The van der Waals surface area contributed by atoms with Crippen LogP contribution in [0.25, 0.3) is 0 Å². The molecule has 1 heterocycles.